The van der Waals surface area contributed by atoms with E-state index in [2.05, 4.69) is 15.9 Å². The zero-order chi connectivity index (χ0) is 9.40. The van der Waals surface area contributed by atoms with Crippen molar-refractivity contribution in [2.75, 3.05) is 5.33 Å². The number of unbranched alkanes of at least 4 members (excludes halogenated alkanes) is 3. The van der Waals surface area contributed by atoms with Gasteiger partial charge in [-0.05, 0) is 12.8 Å². The summed E-state index contributed by atoms with van der Waals surface area (Å²) in [5.74, 6) is -0.843. The molecule has 0 radical (unpaired) electrons. The van der Waals surface area contributed by atoms with Crippen LogP contribution in [0.5, 0.6) is 0 Å². The molecule has 0 amide bonds. The first-order valence-electron chi connectivity index (χ1n) is 4.47. The van der Waals surface area contributed by atoms with Crippen molar-refractivity contribution in [3.05, 3.63) is 0 Å². The smallest absolute Gasteiger partial charge is 0.306 e. The fourth-order valence-electron chi connectivity index (χ4n) is 1.02. The second-order valence-corrected chi connectivity index (χ2v) is 3.92. The summed E-state index contributed by atoms with van der Waals surface area (Å²) in [5.41, 5.74) is 0. The Morgan fingerprint density at radius 3 is 2.42 bits per heavy atom. The van der Waals surface area contributed by atoms with Gasteiger partial charge in [0, 0.05) is 5.33 Å². The van der Waals surface area contributed by atoms with Gasteiger partial charge in [-0.3, -0.25) is 4.79 Å². The summed E-state index contributed by atoms with van der Waals surface area (Å²) in [7, 11) is 0. The normalized spacial score (nSPS) is 12.8. The summed E-state index contributed by atoms with van der Waals surface area (Å²) in [6.07, 6.45) is 5.42. The molecule has 1 atom stereocenters. The molecule has 1 N–H and O–H groups in total. The molecule has 3 heteroatoms. The summed E-state index contributed by atoms with van der Waals surface area (Å²) < 4.78 is 0. The third-order valence-electron chi connectivity index (χ3n) is 1.94. The SMILES string of the molecule is CC(CCCCCCBr)C(=O)O. The average molecular weight is 237 g/mol. The van der Waals surface area contributed by atoms with E-state index in [0.29, 0.717) is 0 Å². The van der Waals surface area contributed by atoms with Crippen LogP contribution in [0.3, 0.4) is 0 Å². The summed E-state index contributed by atoms with van der Waals surface area (Å²) in [5, 5.41) is 9.63. The summed E-state index contributed by atoms with van der Waals surface area (Å²) in [6, 6.07) is 0. The van der Waals surface area contributed by atoms with Crippen molar-refractivity contribution in [1.29, 1.82) is 0 Å². The standard InChI is InChI=1S/C9H17BrO2/c1-8(9(11)12)6-4-2-3-5-7-10/h8H,2-7H2,1H3,(H,11,12). The molecular weight excluding hydrogens is 220 g/mol. The lowest BCUT2D eigenvalue weighted by Crippen LogP contribution is -2.08. The number of hydrogen-bond acceptors (Lipinski definition) is 1. The minimum atomic E-state index is -0.671. The molecule has 0 heterocycles. The first-order valence-corrected chi connectivity index (χ1v) is 5.59. The number of halogens is 1. The van der Waals surface area contributed by atoms with Gasteiger partial charge in [-0.1, -0.05) is 42.1 Å². The number of alkyl halides is 1. The quantitative estimate of drug-likeness (QED) is 0.545. The van der Waals surface area contributed by atoms with Gasteiger partial charge in [0.1, 0.15) is 0 Å². The van der Waals surface area contributed by atoms with Crippen LogP contribution in [0, 0.1) is 5.92 Å². The molecule has 0 aromatic carbocycles. The Labute approximate surface area is 82.5 Å². The van der Waals surface area contributed by atoms with E-state index in [9.17, 15) is 4.79 Å². The van der Waals surface area contributed by atoms with Crippen LogP contribution in [0.15, 0.2) is 0 Å². The third kappa shape index (κ3) is 6.65. The second kappa shape index (κ2) is 7.59. The Kier molecular flexibility index (Phi) is 7.56. The maximum atomic E-state index is 10.4. The lowest BCUT2D eigenvalue weighted by atomic mass is 10.0. The molecule has 0 spiro atoms. The molecule has 0 aliphatic carbocycles. The number of hydrogen-bond donors (Lipinski definition) is 1. The molecule has 72 valence electrons. The van der Waals surface area contributed by atoms with Gasteiger partial charge in [-0.2, -0.15) is 0 Å². The van der Waals surface area contributed by atoms with Crippen molar-refractivity contribution >= 4 is 21.9 Å². The summed E-state index contributed by atoms with van der Waals surface area (Å²) in [4.78, 5) is 10.4. The second-order valence-electron chi connectivity index (χ2n) is 3.13. The Morgan fingerprint density at radius 2 is 1.92 bits per heavy atom. The van der Waals surface area contributed by atoms with Gasteiger partial charge >= 0.3 is 5.97 Å². The lowest BCUT2D eigenvalue weighted by Gasteiger charge is -2.04. The van der Waals surface area contributed by atoms with Crippen molar-refractivity contribution in [3.8, 4) is 0 Å². The third-order valence-corrected chi connectivity index (χ3v) is 2.50. The molecular formula is C9H17BrO2. The van der Waals surface area contributed by atoms with Crippen LogP contribution < -0.4 is 0 Å². The van der Waals surface area contributed by atoms with E-state index in [-0.39, 0.29) is 5.92 Å². The Hall–Kier alpha value is -0.0500. The van der Waals surface area contributed by atoms with Crippen molar-refractivity contribution in [2.45, 2.75) is 39.0 Å². The van der Waals surface area contributed by atoms with Gasteiger partial charge in [0.25, 0.3) is 0 Å². The van der Waals surface area contributed by atoms with E-state index >= 15 is 0 Å². The van der Waals surface area contributed by atoms with E-state index in [1.807, 2.05) is 0 Å². The van der Waals surface area contributed by atoms with E-state index < -0.39 is 5.97 Å². The van der Waals surface area contributed by atoms with E-state index in [0.717, 1.165) is 24.6 Å². The number of carbonyl (C=O) groups is 1. The van der Waals surface area contributed by atoms with E-state index in [1.54, 1.807) is 6.92 Å². The number of carboxylic acid groups (broad SMARTS) is 1. The van der Waals surface area contributed by atoms with Crippen LogP contribution in [0.25, 0.3) is 0 Å². The molecule has 12 heavy (non-hydrogen) atoms. The first-order chi connectivity index (χ1) is 5.68. The lowest BCUT2D eigenvalue weighted by molar-refractivity contribution is -0.141. The van der Waals surface area contributed by atoms with Gasteiger partial charge in [0.15, 0.2) is 0 Å². The van der Waals surface area contributed by atoms with E-state index in [4.69, 9.17) is 5.11 Å². The fraction of sp³-hybridized carbons (Fsp3) is 0.889. The van der Waals surface area contributed by atoms with Crippen LogP contribution in [0.4, 0.5) is 0 Å². The van der Waals surface area contributed by atoms with Gasteiger partial charge in [-0.25, -0.2) is 0 Å². The van der Waals surface area contributed by atoms with Crippen LogP contribution in [0.2, 0.25) is 0 Å². The van der Waals surface area contributed by atoms with Crippen LogP contribution >= 0.6 is 15.9 Å². The number of rotatable bonds is 7. The predicted molar refractivity (Wildman–Crippen MR) is 53.7 cm³/mol. The Balaban J connectivity index is 3.14. The minimum Gasteiger partial charge on any atom is -0.481 e. The van der Waals surface area contributed by atoms with Gasteiger partial charge < -0.3 is 5.11 Å². The zero-order valence-corrected chi connectivity index (χ0v) is 9.14. The largest absolute Gasteiger partial charge is 0.481 e. The van der Waals surface area contributed by atoms with Crippen LogP contribution in [-0.4, -0.2) is 16.4 Å². The van der Waals surface area contributed by atoms with Crippen LogP contribution in [0.1, 0.15) is 39.0 Å². The predicted octanol–water partition coefficient (Wildman–Crippen LogP) is 3.05. The van der Waals surface area contributed by atoms with Crippen LogP contribution in [-0.2, 0) is 4.79 Å². The molecule has 2 nitrogen and oxygen atoms in total. The highest BCUT2D eigenvalue weighted by atomic mass is 79.9. The van der Waals surface area contributed by atoms with Crippen molar-refractivity contribution in [2.24, 2.45) is 5.92 Å². The summed E-state index contributed by atoms with van der Waals surface area (Å²) >= 11 is 3.36. The molecule has 0 aliphatic rings. The van der Waals surface area contributed by atoms with E-state index in [1.165, 1.54) is 12.8 Å². The number of carboxylic acids is 1. The topological polar surface area (TPSA) is 37.3 Å². The fourth-order valence-corrected chi connectivity index (χ4v) is 1.42. The minimum absolute atomic E-state index is 0.172. The maximum absolute atomic E-state index is 10.4. The number of aliphatic carboxylic acids is 1. The molecule has 0 aromatic rings. The highest BCUT2D eigenvalue weighted by Crippen LogP contribution is 2.10. The molecule has 0 aliphatic heterocycles. The highest BCUT2D eigenvalue weighted by molar-refractivity contribution is 9.09. The van der Waals surface area contributed by atoms with Gasteiger partial charge in [0.2, 0.25) is 0 Å². The Bertz CT molecular complexity index is 126. The molecule has 1 unspecified atom stereocenters. The highest BCUT2D eigenvalue weighted by Gasteiger charge is 2.08. The van der Waals surface area contributed by atoms with Crippen molar-refractivity contribution < 1.29 is 9.90 Å². The molecule has 0 saturated heterocycles. The molecule has 0 aromatic heterocycles. The van der Waals surface area contributed by atoms with Gasteiger partial charge in [0.05, 0.1) is 5.92 Å². The molecule has 0 fully saturated rings. The summed E-state index contributed by atoms with van der Waals surface area (Å²) in [6.45, 7) is 1.77. The Morgan fingerprint density at radius 1 is 1.33 bits per heavy atom. The average Bonchev–Trinajstić information content (AvgIpc) is 2.03. The monoisotopic (exact) mass is 236 g/mol. The molecule has 0 saturated carbocycles. The van der Waals surface area contributed by atoms with Crippen molar-refractivity contribution in [1.82, 2.24) is 0 Å². The first kappa shape index (κ1) is 11.9. The molecule has 0 rings (SSSR count). The maximum Gasteiger partial charge on any atom is 0.306 e. The molecule has 0 bridgehead atoms. The van der Waals surface area contributed by atoms with Gasteiger partial charge in [-0.15, -0.1) is 0 Å². The van der Waals surface area contributed by atoms with Crippen molar-refractivity contribution in [3.63, 3.8) is 0 Å². The zero-order valence-electron chi connectivity index (χ0n) is 7.55.